The van der Waals surface area contributed by atoms with Crippen molar-refractivity contribution < 1.29 is 9.53 Å². The lowest BCUT2D eigenvalue weighted by molar-refractivity contribution is -0.115. The van der Waals surface area contributed by atoms with Crippen LogP contribution in [0.15, 0.2) is 48.5 Å². The van der Waals surface area contributed by atoms with Gasteiger partial charge in [-0.1, -0.05) is 37.3 Å². The van der Waals surface area contributed by atoms with Gasteiger partial charge in [0.2, 0.25) is 5.91 Å². The van der Waals surface area contributed by atoms with E-state index < -0.39 is 0 Å². The van der Waals surface area contributed by atoms with Gasteiger partial charge < -0.3 is 15.4 Å². The Bertz CT molecular complexity index is 638. The zero-order chi connectivity index (χ0) is 16.7. The van der Waals surface area contributed by atoms with Gasteiger partial charge in [-0.3, -0.25) is 4.79 Å². The van der Waals surface area contributed by atoms with Crippen molar-refractivity contribution >= 4 is 11.6 Å². The second-order valence-corrected chi connectivity index (χ2v) is 5.44. The molecule has 0 saturated carbocycles. The molecule has 2 aromatic rings. The number of benzene rings is 2. The van der Waals surface area contributed by atoms with E-state index in [-0.39, 0.29) is 11.9 Å². The van der Waals surface area contributed by atoms with Gasteiger partial charge >= 0.3 is 0 Å². The molecule has 1 amide bonds. The number of ether oxygens (including phenoxy) is 1. The summed E-state index contributed by atoms with van der Waals surface area (Å²) in [4.78, 5) is 11.4. The molecule has 2 aromatic carbocycles. The topological polar surface area (TPSA) is 50.4 Å². The second-order valence-electron chi connectivity index (χ2n) is 5.44. The van der Waals surface area contributed by atoms with Crippen LogP contribution >= 0.6 is 0 Å². The van der Waals surface area contributed by atoms with E-state index in [1.807, 2.05) is 49.4 Å². The first kappa shape index (κ1) is 17.0. The predicted octanol–water partition coefficient (Wildman–Crippen LogP) is 3.89. The average Bonchev–Trinajstić information content (AvgIpc) is 2.60. The van der Waals surface area contributed by atoms with Gasteiger partial charge in [0.15, 0.2) is 0 Å². The number of carbonyl (C=O) groups excluding carboxylic acids is 1. The van der Waals surface area contributed by atoms with Gasteiger partial charge in [0.05, 0.1) is 7.11 Å². The van der Waals surface area contributed by atoms with Crippen molar-refractivity contribution in [2.45, 2.75) is 32.9 Å². The third-order valence-electron chi connectivity index (χ3n) is 3.81. The molecule has 122 valence electrons. The molecule has 0 fully saturated rings. The molecule has 0 spiro atoms. The molecule has 0 bridgehead atoms. The first-order valence-corrected chi connectivity index (χ1v) is 7.89. The molecule has 0 aromatic heterocycles. The van der Waals surface area contributed by atoms with Crippen LogP contribution in [-0.4, -0.2) is 13.0 Å². The highest BCUT2D eigenvalue weighted by molar-refractivity contribution is 5.90. The summed E-state index contributed by atoms with van der Waals surface area (Å²) in [6, 6.07) is 16.1. The Labute approximate surface area is 137 Å². The lowest BCUT2D eigenvalue weighted by atomic mass is 10.1. The number of hydrogen-bond donors (Lipinski definition) is 2. The predicted molar refractivity (Wildman–Crippen MR) is 93.6 cm³/mol. The maximum atomic E-state index is 11.4. The van der Waals surface area contributed by atoms with E-state index in [1.54, 1.807) is 7.11 Å². The van der Waals surface area contributed by atoms with E-state index in [2.05, 4.69) is 23.6 Å². The highest BCUT2D eigenvalue weighted by Gasteiger charge is 2.07. The van der Waals surface area contributed by atoms with Gasteiger partial charge in [-0.2, -0.15) is 0 Å². The van der Waals surface area contributed by atoms with Crippen LogP contribution in [-0.2, 0) is 11.3 Å². The van der Waals surface area contributed by atoms with Crippen LogP contribution in [0.3, 0.4) is 0 Å². The van der Waals surface area contributed by atoms with Gasteiger partial charge in [0.25, 0.3) is 0 Å². The summed E-state index contributed by atoms with van der Waals surface area (Å²) in [5.74, 6) is 0.921. The number of anilines is 1. The number of carbonyl (C=O) groups is 1. The molecule has 2 N–H and O–H groups in total. The molecular weight excluding hydrogens is 288 g/mol. The van der Waals surface area contributed by atoms with Crippen LogP contribution in [0.4, 0.5) is 5.69 Å². The largest absolute Gasteiger partial charge is 0.496 e. The fourth-order valence-electron chi connectivity index (χ4n) is 2.33. The van der Waals surface area contributed by atoms with Gasteiger partial charge in [-0.25, -0.2) is 0 Å². The zero-order valence-corrected chi connectivity index (χ0v) is 13.9. The Balaban J connectivity index is 1.95. The SMILES string of the molecule is CCC(=O)Nc1ccc([C@H](C)NCc2ccccc2OC)cc1. The summed E-state index contributed by atoms with van der Waals surface area (Å²) in [6.07, 6.45) is 0.485. The van der Waals surface area contributed by atoms with Crippen LogP contribution in [0.25, 0.3) is 0 Å². The van der Waals surface area contributed by atoms with Gasteiger partial charge in [-0.05, 0) is 30.7 Å². The zero-order valence-electron chi connectivity index (χ0n) is 13.9. The number of para-hydroxylation sites is 1. The normalized spacial score (nSPS) is 11.8. The first-order valence-electron chi connectivity index (χ1n) is 7.89. The maximum Gasteiger partial charge on any atom is 0.224 e. The summed E-state index contributed by atoms with van der Waals surface area (Å²) in [7, 11) is 1.69. The van der Waals surface area contributed by atoms with E-state index in [0.29, 0.717) is 6.42 Å². The van der Waals surface area contributed by atoms with Crippen molar-refractivity contribution in [3.8, 4) is 5.75 Å². The van der Waals surface area contributed by atoms with Crippen molar-refractivity contribution in [1.82, 2.24) is 5.32 Å². The van der Waals surface area contributed by atoms with Crippen LogP contribution in [0.5, 0.6) is 5.75 Å². The molecule has 0 aliphatic rings. The average molecular weight is 312 g/mol. The van der Waals surface area contributed by atoms with Crippen molar-refractivity contribution in [3.05, 3.63) is 59.7 Å². The van der Waals surface area contributed by atoms with Crippen LogP contribution in [0, 0.1) is 0 Å². The minimum Gasteiger partial charge on any atom is -0.496 e. The minimum absolute atomic E-state index is 0.0279. The van der Waals surface area contributed by atoms with E-state index in [9.17, 15) is 4.79 Å². The summed E-state index contributed by atoms with van der Waals surface area (Å²) < 4.78 is 5.37. The van der Waals surface area contributed by atoms with Gasteiger partial charge in [0, 0.05) is 30.3 Å². The summed E-state index contributed by atoms with van der Waals surface area (Å²) in [6.45, 7) is 4.70. The Morgan fingerprint density at radius 1 is 1.13 bits per heavy atom. The fraction of sp³-hybridized carbons (Fsp3) is 0.316. The standard InChI is InChI=1S/C19H24N2O2/c1-4-19(22)21-17-11-9-15(10-12-17)14(2)20-13-16-7-5-6-8-18(16)23-3/h5-12,14,20H,4,13H2,1-3H3,(H,21,22)/t14-/m0/s1. The smallest absolute Gasteiger partial charge is 0.224 e. The fourth-order valence-corrected chi connectivity index (χ4v) is 2.33. The molecule has 1 atom stereocenters. The highest BCUT2D eigenvalue weighted by Crippen LogP contribution is 2.20. The number of hydrogen-bond acceptors (Lipinski definition) is 3. The van der Waals surface area contributed by atoms with Gasteiger partial charge in [-0.15, -0.1) is 0 Å². The summed E-state index contributed by atoms with van der Waals surface area (Å²) in [5.41, 5.74) is 3.14. The van der Waals surface area contributed by atoms with Crippen molar-refractivity contribution in [3.63, 3.8) is 0 Å². The quantitative estimate of drug-likeness (QED) is 0.815. The molecule has 0 aliphatic heterocycles. The van der Waals surface area contributed by atoms with Crippen molar-refractivity contribution in [2.75, 3.05) is 12.4 Å². The molecular formula is C19H24N2O2. The highest BCUT2D eigenvalue weighted by atomic mass is 16.5. The third-order valence-corrected chi connectivity index (χ3v) is 3.81. The van der Waals surface area contributed by atoms with E-state index in [1.165, 1.54) is 5.56 Å². The number of amides is 1. The maximum absolute atomic E-state index is 11.4. The van der Waals surface area contributed by atoms with Crippen LogP contribution in [0.2, 0.25) is 0 Å². The molecule has 4 nitrogen and oxygen atoms in total. The molecule has 23 heavy (non-hydrogen) atoms. The summed E-state index contributed by atoms with van der Waals surface area (Å²) >= 11 is 0. The third kappa shape index (κ3) is 4.83. The Hall–Kier alpha value is -2.33. The summed E-state index contributed by atoms with van der Waals surface area (Å²) in [5, 5.41) is 6.35. The minimum atomic E-state index is 0.0279. The lowest BCUT2D eigenvalue weighted by Gasteiger charge is -2.16. The van der Waals surface area contributed by atoms with Crippen molar-refractivity contribution in [1.29, 1.82) is 0 Å². The van der Waals surface area contributed by atoms with Crippen LogP contribution < -0.4 is 15.4 Å². The molecule has 0 radical (unpaired) electrons. The van der Waals surface area contributed by atoms with E-state index in [0.717, 1.165) is 23.5 Å². The molecule has 0 aliphatic carbocycles. The molecule has 0 saturated heterocycles. The number of nitrogens with one attached hydrogen (secondary N) is 2. The second kappa shape index (κ2) is 8.34. The monoisotopic (exact) mass is 312 g/mol. The van der Waals surface area contributed by atoms with E-state index >= 15 is 0 Å². The Morgan fingerprint density at radius 3 is 2.48 bits per heavy atom. The Kier molecular flexibility index (Phi) is 6.18. The lowest BCUT2D eigenvalue weighted by Crippen LogP contribution is -2.18. The van der Waals surface area contributed by atoms with Gasteiger partial charge in [0.1, 0.15) is 5.75 Å². The first-order chi connectivity index (χ1) is 11.1. The number of methoxy groups -OCH3 is 1. The molecule has 0 unspecified atom stereocenters. The molecule has 0 heterocycles. The van der Waals surface area contributed by atoms with Crippen LogP contribution in [0.1, 0.15) is 37.4 Å². The molecule has 2 rings (SSSR count). The van der Waals surface area contributed by atoms with Crippen molar-refractivity contribution in [2.24, 2.45) is 0 Å². The number of rotatable bonds is 7. The molecule has 4 heteroatoms. The van der Waals surface area contributed by atoms with E-state index in [4.69, 9.17) is 4.74 Å². The Morgan fingerprint density at radius 2 is 1.83 bits per heavy atom.